The molecule has 0 aliphatic rings. The Morgan fingerprint density at radius 2 is 1.75 bits per heavy atom. The predicted octanol–water partition coefficient (Wildman–Crippen LogP) is -2.02. The van der Waals surface area contributed by atoms with Crippen LogP contribution in [0.15, 0.2) is 0 Å². The van der Waals surface area contributed by atoms with Gasteiger partial charge < -0.3 is 0 Å². The van der Waals surface area contributed by atoms with Crippen LogP contribution in [0, 0.1) is 0 Å². The normalized spacial score (nSPS) is 4.50. The van der Waals surface area contributed by atoms with Crippen molar-refractivity contribution in [2.24, 2.45) is 0 Å². The molecule has 2 heteroatoms. The quantitative estimate of drug-likeness (QED) is 0.289. The SMILES string of the molecule is CCF.[Na+]. The van der Waals surface area contributed by atoms with Gasteiger partial charge in [0.15, 0.2) is 0 Å². The zero-order chi connectivity index (χ0) is 2.71. The largest absolute Gasteiger partial charge is 1.00 e. The van der Waals surface area contributed by atoms with Crippen molar-refractivity contribution in [2.45, 2.75) is 6.92 Å². The average Bonchev–Trinajstić information content (AvgIpc) is 0.918. The molecule has 0 aromatic heterocycles. The molecule has 0 aromatic carbocycles. The van der Waals surface area contributed by atoms with Gasteiger partial charge in [-0.15, -0.1) is 0 Å². The fraction of sp³-hybridized carbons (Fsp3) is 1.00. The first-order valence-corrected chi connectivity index (χ1v) is 0.974. The van der Waals surface area contributed by atoms with E-state index in [1.54, 1.807) is 0 Å². The zero-order valence-electron chi connectivity index (χ0n) is 3.09. The van der Waals surface area contributed by atoms with Gasteiger partial charge in [-0.25, -0.2) is 0 Å². The molecule has 0 aliphatic carbocycles. The van der Waals surface area contributed by atoms with E-state index in [0.717, 1.165) is 0 Å². The molecule has 0 N–H and O–H groups in total. The summed E-state index contributed by atoms with van der Waals surface area (Å²) >= 11 is 0. The standard InChI is InChI=1S/C2H5F.Na/c1-2-3;/h2H2,1H3;/q;+1. The van der Waals surface area contributed by atoms with Crippen LogP contribution in [-0.2, 0) is 0 Å². The van der Waals surface area contributed by atoms with Gasteiger partial charge in [0.2, 0.25) is 0 Å². The predicted molar refractivity (Wildman–Crippen MR) is 11.6 cm³/mol. The van der Waals surface area contributed by atoms with Crippen molar-refractivity contribution in [3.63, 3.8) is 0 Å². The second-order valence-electron chi connectivity index (χ2n) is 0.267. The Kier molecular flexibility index (Phi) is 20.1. The van der Waals surface area contributed by atoms with Crippen molar-refractivity contribution in [3.8, 4) is 0 Å². The minimum absolute atomic E-state index is 0. The molecule has 0 rings (SSSR count). The molecule has 0 unspecified atom stereocenters. The summed E-state index contributed by atoms with van der Waals surface area (Å²) < 4.78 is 10.3. The molecule has 0 atom stereocenters. The molecule has 0 radical (unpaired) electrons. The number of hydrogen-bond acceptors (Lipinski definition) is 0. The Bertz CT molecular complexity index is 6.00. The van der Waals surface area contributed by atoms with Crippen molar-refractivity contribution in [1.82, 2.24) is 0 Å². The molecule has 0 fully saturated rings. The first-order valence-electron chi connectivity index (χ1n) is 0.974. The van der Waals surface area contributed by atoms with Crippen LogP contribution in [0.3, 0.4) is 0 Å². The van der Waals surface area contributed by atoms with Crippen molar-refractivity contribution >= 4 is 0 Å². The maximum absolute atomic E-state index is 10.3. The van der Waals surface area contributed by atoms with E-state index in [0.29, 0.717) is 0 Å². The van der Waals surface area contributed by atoms with Gasteiger partial charge >= 0.3 is 29.6 Å². The summed E-state index contributed by atoms with van der Waals surface area (Å²) in [4.78, 5) is 0. The van der Waals surface area contributed by atoms with Crippen molar-refractivity contribution in [3.05, 3.63) is 0 Å². The summed E-state index contributed by atoms with van der Waals surface area (Å²) in [6.45, 7) is 1.21. The molecule has 0 saturated carbocycles. The Labute approximate surface area is 47.7 Å². The smallest absolute Gasteiger partial charge is 0.251 e. The average molecular weight is 71.0 g/mol. The van der Waals surface area contributed by atoms with Crippen LogP contribution in [-0.4, -0.2) is 6.67 Å². The molecule has 0 heterocycles. The summed E-state index contributed by atoms with van der Waals surface area (Å²) in [5, 5.41) is 0. The monoisotopic (exact) mass is 71.0 g/mol. The van der Waals surface area contributed by atoms with E-state index in [9.17, 15) is 4.39 Å². The van der Waals surface area contributed by atoms with Gasteiger partial charge in [-0.2, -0.15) is 0 Å². The molecule has 20 valence electrons. The minimum Gasteiger partial charge on any atom is -0.251 e. The van der Waals surface area contributed by atoms with Gasteiger partial charge in [0, 0.05) is 0 Å². The second-order valence-corrected chi connectivity index (χ2v) is 0.267. The van der Waals surface area contributed by atoms with E-state index >= 15 is 0 Å². The molecule has 0 aliphatic heterocycles. The summed E-state index contributed by atoms with van der Waals surface area (Å²) in [6.07, 6.45) is 0. The maximum Gasteiger partial charge on any atom is 1.00 e. The topological polar surface area (TPSA) is 0 Å². The minimum atomic E-state index is -0.250. The Balaban J connectivity index is 0. The van der Waals surface area contributed by atoms with E-state index in [4.69, 9.17) is 0 Å². The molecule has 0 bridgehead atoms. The van der Waals surface area contributed by atoms with Gasteiger partial charge in [-0.3, -0.25) is 4.39 Å². The second kappa shape index (κ2) is 9.06. The Morgan fingerprint density at radius 1 is 1.75 bits per heavy atom. The van der Waals surface area contributed by atoms with E-state index in [1.807, 2.05) is 0 Å². The molecular formula is C2H5FNa+. The molecular weight excluding hydrogens is 66.0 g/mol. The third-order valence-corrected chi connectivity index (χ3v) is 0. The zero-order valence-corrected chi connectivity index (χ0v) is 5.09. The van der Waals surface area contributed by atoms with Gasteiger partial charge in [0.1, 0.15) is 0 Å². The van der Waals surface area contributed by atoms with Crippen LogP contribution in [0.4, 0.5) is 4.39 Å². The Morgan fingerprint density at radius 3 is 1.75 bits per heavy atom. The summed E-state index contributed by atoms with van der Waals surface area (Å²) in [6, 6.07) is 0. The van der Waals surface area contributed by atoms with Gasteiger partial charge in [-0.05, 0) is 6.92 Å². The number of halogens is 1. The van der Waals surface area contributed by atoms with E-state index < -0.39 is 0 Å². The van der Waals surface area contributed by atoms with Gasteiger partial charge in [0.25, 0.3) is 0 Å². The number of hydrogen-bond donors (Lipinski definition) is 0. The number of alkyl halides is 1. The van der Waals surface area contributed by atoms with E-state index in [1.165, 1.54) is 6.92 Å². The molecule has 0 aromatic rings. The Hall–Kier alpha value is 0.930. The molecule has 0 spiro atoms. The van der Waals surface area contributed by atoms with E-state index in [2.05, 4.69) is 0 Å². The summed E-state index contributed by atoms with van der Waals surface area (Å²) in [7, 11) is 0. The third-order valence-electron chi connectivity index (χ3n) is 0. The van der Waals surface area contributed by atoms with Crippen LogP contribution < -0.4 is 29.6 Å². The summed E-state index contributed by atoms with van der Waals surface area (Å²) in [5.41, 5.74) is 0. The fourth-order valence-corrected chi connectivity index (χ4v) is 0. The van der Waals surface area contributed by atoms with Gasteiger partial charge in [0.05, 0.1) is 6.67 Å². The van der Waals surface area contributed by atoms with Crippen molar-refractivity contribution in [1.29, 1.82) is 0 Å². The van der Waals surface area contributed by atoms with Gasteiger partial charge in [-0.1, -0.05) is 0 Å². The molecule has 0 amide bonds. The third kappa shape index (κ3) is 12.6. The van der Waals surface area contributed by atoms with Crippen molar-refractivity contribution in [2.75, 3.05) is 6.67 Å². The van der Waals surface area contributed by atoms with Crippen molar-refractivity contribution < 1.29 is 33.9 Å². The summed E-state index contributed by atoms with van der Waals surface area (Å²) in [5.74, 6) is 0. The first kappa shape index (κ1) is 8.87. The molecule has 0 saturated heterocycles. The maximum atomic E-state index is 10.3. The fourth-order valence-electron chi connectivity index (χ4n) is 0. The van der Waals surface area contributed by atoms with Crippen LogP contribution in [0.2, 0.25) is 0 Å². The van der Waals surface area contributed by atoms with Crippen LogP contribution >= 0.6 is 0 Å². The molecule has 4 heavy (non-hydrogen) atoms. The molecule has 0 nitrogen and oxygen atoms in total. The number of rotatable bonds is 0. The first-order chi connectivity index (χ1) is 1.41. The van der Waals surface area contributed by atoms with E-state index in [-0.39, 0.29) is 36.2 Å². The van der Waals surface area contributed by atoms with Crippen LogP contribution in [0.25, 0.3) is 0 Å². The van der Waals surface area contributed by atoms with Crippen LogP contribution in [0.5, 0.6) is 0 Å². The van der Waals surface area contributed by atoms with Crippen LogP contribution in [0.1, 0.15) is 6.92 Å².